The molecule has 11 nitrogen and oxygen atoms in total. The number of nitrogens with two attached hydrogens (primary N) is 1. The number of hydrogen-bond acceptors (Lipinski definition) is 10. The minimum absolute atomic E-state index is 0.00124. The van der Waals surface area contributed by atoms with Crippen LogP contribution in [0.2, 0.25) is 10.0 Å². The quantitative estimate of drug-likeness (QED) is 0.0774. The highest BCUT2D eigenvalue weighted by atomic mass is 35.5. The van der Waals surface area contributed by atoms with Gasteiger partial charge in [-0.15, -0.1) is 0 Å². The first kappa shape index (κ1) is 36.7. The zero-order valence-corrected chi connectivity index (χ0v) is 30.7. The smallest absolute Gasteiger partial charge is 0.265 e. The largest absolute Gasteiger partial charge is 0.487 e. The number of para-hydroxylation sites is 1. The molecule has 4 aromatic rings. The van der Waals surface area contributed by atoms with Gasteiger partial charge in [-0.3, -0.25) is 14.5 Å². The lowest BCUT2D eigenvalue weighted by atomic mass is 9.87. The number of hydrogen-bond donors (Lipinski definition) is 3. The second-order valence-corrected chi connectivity index (χ2v) is 15.6. The highest BCUT2D eigenvalue weighted by Crippen LogP contribution is 2.34. The number of ketones is 1. The predicted octanol–water partition coefficient (Wildman–Crippen LogP) is 5.55. The molecule has 2 unspecified atom stereocenters. The third-order valence-corrected chi connectivity index (χ3v) is 11.9. The molecule has 1 aromatic heterocycles. The number of halogens is 2. The van der Waals surface area contributed by atoms with Crippen molar-refractivity contribution < 1.29 is 22.7 Å². The van der Waals surface area contributed by atoms with E-state index in [-0.39, 0.29) is 44.9 Å². The molecule has 4 N–H and O–H groups in total. The van der Waals surface area contributed by atoms with Gasteiger partial charge in [-0.2, -0.15) is 5.10 Å². The van der Waals surface area contributed by atoms with Gasteiger partial charge in [-0.05, 0) is 93.9 Å². The maximum absolute atomic E-state index is 13.6. The Morgan fingerprint density at radius 1 is 1.12 bits per heavy atom. The number of aryl methyl sites for hydroxylation is 2. The lowest BCUT2D eigenvalue weighted by Gasteiger charge is -2.34. The fourth-order valence-electron chi connectivity index (χ4n) is 7.05. The number of fused-ring (bicyclic) bond motifs is 1. The number of carbonyl (C=O) groups excluding carboxylic acids is 2. The standard InChI is InChI=1S/C37H40Cl2N6O5S/c1-22-17-23(2)43-35-27(22)5-3-7-32(35)50-21-28-29(38)12-13-33(34(28)39)51(48,49)44-37(47)31-6-4-16-45(31)20-25-14-15-41-30(18-25)36(46)26-10-8-24(9-11-26)19-42-40/h3,5,7-13,17,19,25,30-31,41H,4,6,14-16,18,20-21,40H2,1-2H3,(H,44,47)/t25?,30?,31-/m0/s1. The average Bonchev–Trinajstić information content (AvgIpc) is 3.56. The molecule has 2 aliphatic rings. The number of Topliss-reactive ketones (excluding diaryl/α,β-unsaturated/α-hetero) is 1. The number of nitrogens with zero attached hydrogens (tertiary/aromatic N) is 3. The number of nitrogens with one attached hydrogen (secondary N) is 2. The number of benzene rings is 3. The summed E-state index contributed by atoms with van der Waals surface area (Å²) in [4.78, 5) is 33.2. The molecule has 0 radical (unpaired) electrons. The molecule has 0 aliphatic carbocycles. The minimum Gasteiger partial charge on any atom is -0.487 e. The zero-order chi connectivity index (χ0) is 36.3. The van der Waals surface area contributed by atoms with Crippen molar-refractivity contribution in [2.45, 2.75) is 63.1 Å². The van der Waals surface area contributed by atoms with Crippen LogP contribution < -0.4 is 20.6 Å². The SMILES string of the molecule is Cc1cc(C)c2cccc(OCc3c(Cl)ccc(S(=O)(=O)NC(=O)[C@@H]4CCCN4CC4CCNC(C(=O)c5ccc(C=NN)cc5)C4)c3Cl)c2n1. The van der Waals surface area contributed by atoms with E-state index in [0.717, 1.165) is 35.0 Å². The van der Waals surface area contributed by atoms with Gasteiger partial charge in [-0.25, -0.2) is 18.1 Å². The molecular weight excluding hydrogens is 711 g/mol. The Balaban J connectivity index is 1.11. The van der Waals surface area contributed by atoms with Crippen molar-refractivity contribution >= 4 is 62.0 Å². The molecule has 0 spiro atoms. The Hall–Kier alpha value is -4.07. The Kier molecular flexibility index (Phi) is 11.3. The number of amides is 1. The Morgan fingerprint density at radius 3 is 2.67 bits per heavy atom. The minimum atomic E-state index is -4.36. The number of sulfonamides is 1. The van der Waals surface area contributed by atoms with E-state index >= 15 is 0 Å². The first-order valence-electron chi connectivity index (χ1n) is 16.8. The van der Waals surface area contributed by atoms with E-state index in [1.165, 1.54) is 18.3 Å². The van der Waals surface area contributed by atoms with E-state index < -0.39 is 22.0 Å². The van der Waals surface area contributed by atoms with Gasteiger partial charge >= 0.3 is 0 Å². The normalized spacial score (nSPS) is 19.8. The lowest BCUT2D eigenvalue weighted by Crippen LogP contribution is -2.49. The van der Waals surface area contributed by atoms with Gasteiger partial charge in [-0.1, -0.05) is 59.6 Å². The number of ether oxygens (including phenoxy) is 1. The number of piperidine rings is 1. The first-order valence-corrected chi connectivity index (χ1v) is 19.1. The summed E-state index contributed by atoms with van der Waals surface area (Å²) in [6.07, 6.45) is 4.21. The lowest BCUT2D eigenvalue weighted by molar-refractivity contribution is -0.123. The van der Waals surface area contributed by atoms with Gasteiger partial charge in [0.1, 0.15) is 22.8 Å². The van der Waals surface area contributed by atoms with Crippen LogP contribution in [0, 0.1) is 19.8 Å². The molecule has 2 aliphatic heterocycles. The molecular formula is C37H40Cl2N6O5S. The van der Waals surface area contributed by atoms with Crippen molar-refractivity contribution in [2.24, 2.45) is 16.9 Å². The van der Waals surface area contributed by atoms with E-state index in [0.29, 0.717) is 49.3 Å². The molecule has 0 saturated carbocycles. The van der Waals surface area contributed by atoms with Crippen LogP contribution in [0.15, 0.2) is 70.7 Å². The number of likely N-dealkylation sites (tertiary alicyclic amines) is 1. The van der Waals surface area contributed by atoms with Gasteiger partial charge < -0.3 is 15.9 Å². The summed E-state index contributed by atoms with van der Waals surface area (Å²) >= 11 is 13.2. The van der Waals surface area contributed by atoms with Crippen LogP contribution in [0.25, 0.3) is 10.9 Å². The summed E-state index contributed by atoms with van der Waals surface area (Å²) in [6.45, 7) is 5.66. The van der Waals surface area contributed by atoms with E-state index in [4.69, 9.17) is 33.8 Å². The Morgan fingerprint density at radius 2 is 1.90 bits per heavy atom. The second-order valence-electron chi connectivity index (χ2n) is 13.1. The fourth-order valence-corrected chi connectivity index (χ4v) is 8.95. The average molecular weight is 752 g/mol. The van der Waals surface area contributed by atoms with Crippen molar-refractivity contribution in [2.75, 3.05) is 19.6 Å². The summed E-state index contributed by atoms with van der Waals surface area (Å²) in [6, 6.07) is 16.4. The molecule has 1 amide bonds. The van der Waals surface area contributed by atoms with Crippen LogP contribution in [0.5, 0.6) is 5.75 Å². The summed E-state index contributed by atoms with van der Waals surface area (Å²) in [5.74, 6) is 5.26. The number of aromatic nitrogens is 1. The maximum Gasteiger partial charge on any atom is 0.265 e. The van der Waals surface area contributed by atoms with Crippen molar-refractivity contribution in [3.8, 4) is 5.75 Å². The van der Waals surface area contributed by atoms with Crippen LogP contribution in [-0.4, -0.2) is 67.9 Å². The van der Waals surface area contributed by atoms with E-state index in [2.05, 4.69) is 20.1 Å². The van der Waals surface area contributed by atoms with Gasteiger partial charge in [0, 0.05) is 33.8 Å². The second kappa shape index (κ2) is 15.7. The Labute approximate surface area is 307 Å². The number of rotatable bonds is 11. The summed E-state index contributed by atoms with van der Waals surface area (Å²) in [7, 11) is -4.36. The van der Waals surface area contributed by atoms with Crippen molar-refractivity contribution in [1.82, 2.24) is 19.9 Å². The molecule has 6 rings (SSSR count). The summed E-state index contributed by atoms with van der Waals surface area (Å²) in [5.41, 5.74) is 4.23. The molecule has 0 bridgehead atoms. The van der Waals surface area contributed by atoms with Gasteiger partial charge in [0.05, 0.1) is 23.3 Å². The van der Waals surface area contributed by atoms with Crippen molar-refractivity contribution in [3.63, 3.8) is 0 Å². The first-order chi connectivity index (χ1) is 24.4. The van der Waals surface area contributed by atoms with Crippen molar-refractivity contribution in [3.05, 3.63) is 98.7 Å². The molecule has 14 heteroatoms. The molecule has 3 heterocycles. The third kappa shape index (κ3) is 8.21. The monoisotopic (exact) mass is 750 g/mol. The predicted molar refractivity (Wildman–Crippen MR) is 199 cm³/mol. The van der Waals surface area contributed by atoms with Gasteiger partial charge in [0.2, 0.25) is 0 Å². The zero-order valence-electron chi connectivity index (χ0n) is 28.4. The number of carbonyl (C=O) groups is 2. The third-order valence-electron chi connectivity index (χ3n) is 9.59. The van der Waals surface area contributed by atoms with E-state index in [1.807, 2.05) is 36.9 Å². The van der Waals surface area contributed by atoms with Gasteiger partial charge in [0.25, 0.3) is 15.9 Å². The Bertz CT molecular complexity index is 2090. The molecule has 2 fully saturated rings. The number of pyridine rings is 1. The highest BCUT2D eigenvalue weighted by molar-refractivity contribution is 7.90. The highest BCUT2D eigenvalue weighted by Gasteiger charge is 2.37. The molecule has 3 atom stereocenters. The molecule has 51 heavy (non-hydrogen) atoms. The van der Waals surface area contributed by atoms with E-state index in [9.17, 15) is 18.0 Å². The van der Waals surface area contributed by atoms with Crippen LogP contribution in [-0.2, 0) is 21.4 Å². The summed E-state index contributed by atoms with van der Waals surface area (Å²) < 4.78 is 35.6. The van der Waals surface area contributed by atoms with E-state index in [1.54, 1.807) is 30.3 Å². The van der Waals surface area contributed by atoms with Crippen LogP contribution >= 0.6 is 23.2 Å². The summed E-state index contributed by atoms with van der Waals surface area (Å²) in [5, 5.41) is 7.88. The molecule has 268 valence electrons. The maximum atomic E-state index is 13.6. The van der Waals surface area contributed by atoms with Crippen molar-refractivity contribution in [1.29, 1.82) is 0 Å². The van der Waals surface area contributed by atoms with Crippen LogP contribution in [0.1, 0.15) is 58.4 Å². The number of hydrazone groups is 1. The molecule has 2 saturated heterocycles. The fraction of sp³-hybridized carbons (Fsp3) is 0.351. The topological polar surface area (TPSA) is 156 Å². The van der Waals surface area contributed by atoms with Gasteiger partial charge in [0.15, 0.2) is 5.78 Å². The van der Waals surface area contributed by atoms with Crippen LogP contribution in [0.4, 0.5) is 0 Å². The molecule has 3 aromatic carbocycles. The van der Waals surface area contributed by atoms with Crippen LogP contribution in [0.3, 0.4) is 0 Å².